The molecule has 0 aromatic heterocycles. The Morgan fingerprint density at radius 3 is 2.82 bits per heavy atom. The van der Waals surface area contributed by atoms with Gasteiger partial charge in [-0.3, -0.25) is 9.59 Å². The van der Waals surface area contributed by atoms with E-state index in [9.17, 15) is 9.59 Å². The number of nitrogens with zero attached hydrogens (tertiary/aromatic N) is 1. The molecule has 98 valence electrons. The summed E-state index contributed by atoms with van der Waals surface area (Å²) in [5.41, 5.74) is 5.40. The average Bonchev–Trinajstić information content (AvgIpc) is 2.65. The summed E-state index contributed by atoms with van der Waals surface area (Å²) in [5, 5.41) is 9.47. The Labute approximate surface area is 109 Å². The number of likely N-dealkylation sites (tertiary alicyclic amines) is 1. The number of carboxylic acid groups (broad SMARTS) is 1. The van der Waals surface area contributed by atoms with Crippen molar-refractivity contribution < 1.29 is 14.7 Å². The lowest BCUT2D eigenvalue weighted by atomic mass is 10.1. The van der Waals surface area contributed by atoms with Crippen LogP contribution in [0.3, 0.4) is 0 Å². The van der Waals surface area contributed by atoms with Crippen LogP contribution in [0.4, 0.5) is 0 Å². The summed E-state index contributed by atoms with van der Waals surface area (Å²) in [7, 11) is 0. The Kier molecular flexibility index (Phi) is 5.91. The maximum atomic E-state index is 11.6. The highest BCUT2D eigenvalue weighted by atomic mass is 79.9. The highest BCUT2D eigenvalue weighted by molar-refractivity contribution is 9.09. The molecule has 0 radical (unpaired) electrons. The molecule has 2 unspecified atom stereocenters. The minimum Gasteiger partial charge on any atom is -0.480 e. The lowest BCUT2D eigenvalue weighted by molar-refractivity contribution is -0.138. The number of carbonyl (C=O) groups excluding carboxylic acids is 1. The smallest absolute Gasteiger partial charge is 0.320 e. The number of hydrogen-bond acceptors (Lipinski definition) is 3. The van der Waals surface area contributed by atoms with E-state index in [4.69, 9.17) is 10.8 Å². The van der Waals surface area contributed by atoms with E-state index in [1.165, 1.54) is 0 Å². The zero-order valence-corrected chi connectivity index (χ0v) is 11.4. The summed E-state index contributed by atoms with van der Waals surface area (Å²) in [6.45, 7) is 1.53. The zero-order valence-electron chi connectivity index (χ0n) is 9.77. The maximum Gasteiger partial charge on any atom is 0.320 e. The fourth-order valence-electron chi connectivity index (χ4n) is 1.96. The number of halogens is 1. The first-order valence-corrected chi connectivity index (χ1v) is 6.99. The molecule has 0 spiro atoms. The zero-order chi connectivity index (χ0) is 12.8. The first-order chi connectivity index (χ1) is 8.04. The van der Waals surface area contributed by atoms with Gasteiger partial charge in [0, 0.05) is 24.8 Å². The minimum atomic E-state index is -0.957. The normalized spacial score (nSPS) is 21.9. The molecular weight excluding hydrogens is 288 g/mol. The van der Waals surface area contributed by atoms with E-state index in [1.807, 2.05) is 4.90 Å². The predicted octanol–water partition coefficient (Wildman–Crippen LogP) is 0.812. The Hall–Kier alpha value is -0.620. The van der Waals surface area contributed by atoms with Crippen LogP contribution in [0.2, 0.25) is 0 Å². The third kappa shape index (κ3) is 4.63. The first kappa shape index (κ1) is 14.4. The number of hydrogen-bond donors (Lipinski definition) is 2. The van der Waals surface area contributed by atoms with Crippen LogP contribution in [0.15, 0.2) is 0 Å². The molecule has 1 saturated heterocycles. The molecule has 5 nitrogen and oxygen atoms in total. The Bertz CT molecular complexity index is 286. The fraction of sp³-hybridized carbons (Fsp3) is 0.818. The van der Waals surface area contributed by atoms with Crippen LogP contribution >= 0.6 is 15.9 Å². The number of unbranched alkanes of at least 4 members (excludes halogenated alkanes) is 1. The van der Waals surface area contributed by atoms with Crippen LogP contribution in [0.5, 0.6) is 0 Å². The number of carbonyl (C=O) groups is 2. The monoisotopic (exact) mass is 306 g/mol. The third-order valence-electron chi connectivity index (χ3n) is 3.02. The van der Waals surface area contributed by atoms with E-state index >= 15 is 0 Å². The molecule has 0 aromatic carbocycles. The van der Waals surface area contributed by atoms with Gasteiger partial charge in [0.25, 0.3) is 0 Å². The Morgan fingerprint density at radius 2 is 2.29 bits per heavy atom. The topological polar surface area (TPSA) is 83.6 Å². The van der Waals surface area contributed by atoms with Crippen molar-refractivity contribution in [3.8, 4) is 0 Å². The van der Waals surface area contributed by atoms with Crippen LogP contribution < -0.4 is 5.73 Å². The van der Waals surface area contributed by atoms with Gasteiger partial charge >= 0.3 is 5.97 Å². The van der Waals surface area contributed by atoms with Crippen molar-refractivity contribution in [1.29, 1.82) is 0 Å². The van der Waals surface area contributed by atoms with Gasteiger partial charge in [0.05, 0.1) is 0 Å². The van der Waals surface area contributed by atoms with Crippen molar-refractivity contribution in [3.63, 3.8) is 0 Å². The van der Waals surface area contributed by atoms with E-state index in [-0.39, 0.29) is 5.91 Å². The van der Waals surface area contributed by atoms with Gasteiger partial charge < -0.3 is 15.7 Å². The van der Waals surface area contributed by atoms with Crippen molar-refractivity contribution in [2.45, 2.75) is 31.7 Å². The number of nitrogens with two attached hydrogens (primary N) is 1. The van der Waals surface area contributed by atoms with Crippen LogP contribution in [0.1, 0.15) is 25.7 Å². The summed E-state index contributed by atoms with van der Waals surface area (Å²) >= 11 is 3.39. The van der Waals surface area contributed by atoms with Gasteiger partial charge in [-0.2, -0.15) is 0 Å². The summed E-state index contributed by atoms with van der Waals surface area (Å²) in [4.78, 5) is 23.9. The lowest BCUT2D eigenvalue weighted by Gasteiger charge is -2.16. The maximum absolute atomic E-state index is 11.6. The number of carboxylic acids is 1. The first-order valence-electron chi connectivity index (χ1n) is 5.86. The van der Waals surface area contributed by atoms with Gasteiger partial charge in [0.1, 0.15) is 6.04 Å². The lowest BCUT2D eigenvalue weighted by Crippen LogP contribution is -2.30. The van der Waals surface area contributed by atoms with Gasteiger partial charge in [-0.15, -0.1) is 0 Å². The molecule has 17 heavy (non-hydrogen) atoms. The van der Waals surface area contributed by atoms with Crippen molar-refractivity contribution in [1.82, 2.24) is 4.90 Å². The number of alkyl halides is 1. The average molecular weight is 307 g/mol. The molecule has 1 fully saturated rings. The molecule has 3 N–H and O–H groups in total. The standard InChI is InChI=1S/C11H19BrN2O3/c12-6-8-5-10(15)14(7-8)4-2-1-3-9(13)11(16)17/h8-9H,1-7,13H2,(H,16,17). The van der Waals surface area contributed by atoms with Crippen LogP contribution in [0.25, 0.3) is 0 Å². The van der Waals surface area contributed by atoms with Crippen LogP contribution in [-0.4, -0.2) is 46.3 Å². The second-order valence-electron chi connectivity index (χ2n) is 4.50. The summed E-state index contributed by atoms with van der Waals surface area (Å²) in [5.74, 6) is -0.331. The molecule has 1 aliphatic heterocycles. The molecule has 1 aliphatic rings. The molecule has 2 atom stereocenters. The highest BCUT2D eigenvalue weighted by Gasteiger charge is 2.28. The van der Waals surface area contributed by atoms with E-state index in [2.05, 4.69) is 15.9 Å². The summed E-state index contributed by atoms with van der Waals surface area (Å²) < 4.78 is 0. The SMILES string of the molecule is NC(CCCCN1CC(CBr)CC1=O)C(=O)O. The molecule has 0 saturated carbocycles. The number of rotatable bonds is 7. The number of amides is 1. The number of aliphatic carboxylic acids is 1. The summed E-state index contributed by atoms with van der Waals surface area (Å²) in [6.07, 6.45) is 2.66. The molecular formula is C11H19BrN2O3. The molecule has 0 bridgehead atoms. The quantitative estimate of drug-likeness (QED) is 0.538. The molecule has 6 heteroatoms. The molecule has 1 amide bonds. The van der Waals surface area contributed by atoms with Gasteiger partial charge in [-0.25, -0.2) is 0 Å². The Morgan fingerprint density at radius 1 is 1.59 bits per heavy atom. The molecule has 1 heterocycles. The fourth-order valence-corrected chi connectivity index (χ4v) is 2.40. The van der Waals surface area contributed by atoms with Gasteiger partial charge in [0.15, 0.2) is 0 Å². The van der Waals surface area contributed by atoms with Crippen molar-refractivity contribution in [2.75, 3.05) is 18.4 Å². The van der Waals surface area contributed by atoms with Crippen LogP contribution in [-0.2, 0) is 9.59 Å². The van der Waals surface area contributed by atoms with Gasteiger partial charge in [-0.05, 0) is 25.2 Å². The third-order valence-corrected chi connectivity index (χ3v) is 3.94. The van der Waals surface area contributed by atoms with Gasteiger partial charge in [-0.1, -0.05) is 15.9 Å². The van der Waals surface area contributed by atoms with E-state index in [1.54, 1.807) is 0 Å². The van der Waals surface area contributed by atoms with E-state index in [0.29, 0.717) is 25.3 Å². The second-order valence-corrected chi connectivity index (χ2v) is 5.15. The van der Waals surface area contributed by atoms with Crippen molar-refractivity contribution in [3.05, 3.63) is 0 Å². The largest absolute Gasteiger partial charge is 0.480 e. The highest BCUT2D eigenvalue weighted by Crippen LogP contribution is 2.20. The van der Waals surface area contributed by atoms with Crippen LogP contribution in [0, 0.1) is 5.92 Å². The van der Waals surface area contributed by atoms with E-state index in [0.717, 1.165) is 24.7 Å². The Balaban J connectivity index is 2.15. The molecule has 0 aromatic rings. The van der Waals surface area contributed by atoms with E-state index < -0.39 is 12.0 Å². The van der Waals surface area contributed by atoms with Crippen molar-refractivity contribution in [2.24, 2.45) is 11.7 Å². The van der Waals surface area contributed by atoms with Gasteiger partial charge in [0.2, 0.25) is 5.91 Å². The molecule has 1 rings (SSSR count). The van der Waals surface area contributed by atoms with Crippen molar-refractivity contribution >= 4 is 27.8 Å². The minimum absolute atomic E-state index is 0.206. The summed E-state index contributed by atoms with van der Waals surface area (Å²) in [6, 6.07) is -0.778. The predicted molar refractivity (Wildman–Crippen MR) is 67.9 cm³/mol. The second kappa shape index (κ2) is 6.96. The molecule has 0 aliphatic carbocycles.